The number of nitrogens with zero attached hydrogens (tertiary/aromatic N) is 5. The summed E-state index contributed by atoms with van der Waals surface area (Å²) in [7, 11) is 3.89. The normalized spacial score (nSPS) is 14.1. The van der Waals surface area contributed by atoms with Crippen LogP contribution in [0.15, 0.2) is 28.2 Å². The molecule has 2 aromatic rings. The Labute approximate surface area is 170 Å². The van der Waals surface area contributed by atoms with Crippen LogP contribution in [0.4, 0.5) is 16.0 Å². The fourth-order valence-electron chi connectivity index (χ4n) is 2.76. The summed E-state index contributed by atoms with van der Waals surface area (Å²) in [6.45, 7) is 1.92. The second-order valence-corrected chi connectivity index (χ2v) is 8.12. The maximum absolute atomic E-state index is 12.4. The number of halogens is 1. The predicted octanol–water partition coefficient (Wildman–Crippen LogP) is 3.51. The lowest BCUT2D eigenvalue weighted by Gasteiger charge is -2.14. The lowest BCUT2D eigenvalue weighted by Crippen LogP contribution is -2.17. The van der Waals surface area contributed by atoms with E-state index in [0.717, 1.165) is 46.8 Å². The number of hydrogen-bond acceptors (Lipinski definition) is 7. The summed E-state index contributed by atoms with van der Waals surface area (Å²) in [4.78, 5) is 16.6. The number of anilines is 3. The molecule has 0 saturated carbocycles. The Morgan fingerprint density at radius 3 is 2.74 bits per heavy atom. The molecule has 1 N–H and O–H groups in total. The van der Waals surface area contributed by atoms with E-state index in [1.807, 2.05) is 43.3 Å². The van der Waals surface area contributed by atoms with Gasteiger partial charge in [-0.05, 0) is 52.5 Å². The van der Waals surface area contributed by atoms with Gasteiger partial charge in [0.25, 0.3) is 5.91 Å². The van der Waals surface area contributed by atoms with Gasteiger partial charge < -0.3 is 9.80 Å². The van der Waals surface area contributed by atoms with Crippen LogP contribution in [-0.4, -0.2) is 43.3 Å². The zero-order chi connectivity index (χ0) is 19.4. The number of nitrogens with one attached hydrogen (secondary N) is 1. The van der Waals surface area contributed by atoms with Crippen LogP contribution in [0.5, 0.6) is 0 Å². The molecule has 1 aromatic heterocycles. The van der Waals surface area contributed by atoms with E-state index in [0.29, 0.717) is 5.13 Å². The zero-order valence-electron chi connectivity index (χ0n) is 15.1. The SMILES string of the molecule is CN(C)c1ccc(/C=C(/C#N)C(=O)Nc2nnc(N3CCCC3)s2)cc1Br. The van der Waals surface area contributed by atoms with E-state index < -0.39 is 5.91 Å². The van der Waals surface area contributed by atoms with Gasteiger partial charge in [-0.1, -0.05) is 17.4 Å². The van der Waals surface area contributed by atoms with Crippen molar-refractivity contribution in [2.24, 2.45) is 0 Å². The molecule has 0 bridgehead atoms. The summed E-state index contributed by atoms with van der Waals surface area (Å²) >= 11 is 4.83. The number of aromatic nitrogens is 2. The van der Waals surface area contributed by atoms with E-state index in [4.69, 9.17) is 0 Å². The van der Waals surface area contributed by atoms with Crippen LogP contribution in [-0.2, 0) is 4.79 Å². The summed E-state index contributed by atoms with van der Waals surface area (Å²) < 4.78 is 0.887. The number of amides is 1. The molecule has 0 unspecified atom stereocenters. The molecule has 1 aromatic carbocycles. The molecule has 1 aliphatic rings. The molecule has 1 fully saturated rings. The van der Waals surface area contributed by atoms with Gasteiger partial charge >= 0.3 is 0 Å². The lowest BCUT2D eigenvalue weighted by molar-refractivity contribution is -0.112. The maximum Gasteiger partial charge on any atom is 0.268 e. The Morgan fingerprint density at radius 2 is 2.11 bits per heavy atom. The van der Waals surface area contributed by atoms with Crippen molar-refractivity contribution in [2.45, 2.75) is 12.8 Å². The van der Waals surface area contributed by atoms with Gasteiger partial charge in [-0.3, -0.25) is 10.1 Å². The van der Waals surface area contributed by atoms with Crippen LogP contribution < -0.4 is 15.1 Å². The molecule has 1 aliphatic heterocycles. The van der Waals surface area contributed by atoms with Gasteiger partial charge in [-0.15, -0.1) is 10.2 Å². The summed E-state index contributed by atoms with van der Waals surface area (Å²) in [5.41, 5.74) is 1.78. The topological polar surface area (TPSA) is 85.2 Å². The third kappa shape index (κ3) is 4.64. The second kappa shape index (κ2) is 8.50. The minimum atomic E-state index is -0.491. The average molecular weight is 447 g/mol. The number of nitriles is 1. The van der Waals surface area contributed by atoms with Crippen LogP contribution >= 0.6 is 27.3 Å². The Morgan fingerprint density at radius 1 is 1.37 bits per heavy atom. The Hall–Kier alpha value is -2.44. The minimum absolute atomic E-state index is 0.0115. The average Bonchev–Trinajstić information content (AvgIpc) is 3.30. The summed E-state index contributed by atoms with van der Waals surface area (Å²) in [6, 6.07) is 7.62. The molecule has 27 heavy (non-hydrogen) atoms. The number of hydrogen-bond donors (Lipinski definition) is 1. The van der Waals surface area contributed by atoms with Gasteiger partial charge in [-0.2, -0.15) is 5.26 Å². The standard InChI is InChI=1S/C18H19BrN6OS/c1-24(2)15-6-5-12(10-14(15)19)9-13(11-20)16(26)21-17-22-23-18(27-17)25-7-3-4-8-25/h5-6,9-10H,3-4,7-8H2,1-2H3,(H,21,22,26)/b13-9-. The third-order valence-electron chi connectivity index (χ3n) is 4.14. The van der Waals surface area contributed by atoms with Gasteiger partial charge in [0.1, 0.15) is 11.6 Å². The molecule has 1 saturated heterocycles. The van der Waals surface area contributed by atoms with Crippen molar-refractivity contribution in [3.63, 3.8) is 0 Å². The van der Waals surface area contributed by atoms with Gasteiger partial charge in [0.2, 0.25) is 10.3 Å². The maximum atomic E-state index is 12.4. The first kappa shape index (κ1) is 19.3. The number of rotatable bonds is 5. The van der Waals surface area contributed by atoms with Crippen molar-refractivity contribution >= 4 is 55.2 Å². The van der Waals surface area contributed by atoms with Gasteiger partial charge in [0, 0.05) is 31.7 Å². The van der Waals surface area contributed by atoms with Crippen LogP contribution in [0.2, 0.25) is 0 Å². The second-order valence-electron chi connectivity index (χ2n) is 6.31. The quantitative estimate of drug-likeness (QED) is 0.558. The van der Waals surface area contributed by atoms with Gasteiger partial charge in [0.15, 0.2) is 0 Å². The van der Waals surface area contributed by atoms with E-state index in [9.17, 15) is 10.1 Å². The first-order valence-corrected chi connectivity index (χ1v) is 10.1. The van der Waals surface area contributed by atoms with Crippen molar-refractivity contribution in [3.8, 4) is 6.07 Å². The molecular weight excluding hydrogens is 428 g/mol. The van der Waals surface area contributed by atoms with Crippen LogP contribution in [0, 0.1) is 11.3 Å². The highest BCUT2D eigenvalue weighted by Crippen LogP contribution is 2.28. The summed E-state index contributed by atoms with van der Waals surface area (Å²) in [6.07, 6.45) is 3.84. The molecular formula is C18H19BrN6OS. The predicted molar refractivity (Wildman–Crippen MR) is 112 cm³/mol. The molecule has 0 radical (unpaired) electrons. The Kier molecular flexibility index (Phi) is 6.08. The zero-order valence-corrected chi connectivity index (χ0v) is 17.5. The van der Waals surface area contributed by atoms with Crippen LogP contribution in [0.25, 0.3) is 6.08 Å². The Bertz CT molecular complexity index is 911. The molecule has 0 aliphatic carbocycles. The van der Waals surface area contributed by atoms with Gasteiger partial charge in [0.05, 0.1) is 5.69 Å². The summed E-state index contributed by atoms with van der Waals surface area (Å²) in [5, 5.41) is 21.4. The smallest absolute Gasteiger partial charge is 0.268 e. The number of carbonyl (C=O) groups is 1. The fraction of sp³-hybridized carbons (Fsp3) is 0.333. The lowest BCUT2D eigenvalue weighted by atomic mass is 10.1. The molecule has 0 spiro atoms. The molecule has 9 heteroatoms. The van der Waals surface area contributed by atoms with E-state index in [1.54, 1.807) is 6.08 Å². The summed E-state index contributed by atoms with van der Waals surface area (Å²) in [5.74, 6) is -0.491. The number of benzene rings is 1. The molecule has 140 valence electrons. The fourth-order valence-corrected chi connectivity index (χ4v) is 4.30. The molecule has 0 atom stereocenters. The van der Waals surface area contributed by atoms with Crippen LogP contribution in [0.3, 0.4) is 0 Å². The molecule has 7 nitrogen and oxygen atoms in total. The van der Waals surface area contributed by atoms with Crippen molar-refractivity contribution in [1.82, 2.24) is 10.2 Å². The van der Waals surface area contributed by atoms with E-state index in [-0.39, 0.29) is 5.57 Å². The molecule has 3 rings (SSSR count). The first-order chi connectivity index (χ1) is 13.0. The molecule has 2 heterocycles. The largest absolute Gasteiger partial charge is 0.377 e. The van der Waals surface area contributed by atoms with Crippen LogP contribution in [0.1, 0.15) is 18.4 Å². The van der Waals surface area contributed by atoms with Crippen molar-refractivity contribution in [2.75, 3.05) is 42.3 Å². The van der Waals surface area contributed by atoms with E-state index >= 15 is 0 Å². The minimum Gasteiger partial charge on any atom is -0.377 e. The highest BCUT2D eigenvalue weighted by atomic mass is 79.9. The Balaban J connectivity index is 1.73. The highest BCUT2D eigenvalue weighted by molar-refractivity contribution is 9.10. The number of carbonyl (C=O) groups excluding carboxylic acids is 1. The monoisotopic (exact) mass is 446 g/mol. The van der Waals surface area contributed by atoms with Gasteiger partial charge in [-0.25, -0.2) is 0 Å². The highest BCUT2D eigenvalue weighted by Gasteiger charge is 2.18. The molecule has 1 amide bonds. The first-order valence-electron chi connectivity index (χ1n) is 8.46. The van der Waals surface area contributed by atoms with Crippen molar-refractivity contribution in [3.05, 3.63) is 33.8 Å². The van der Waals surface area contributed by atoms with E-state index in [2.05, 4.69) is 36.3 Å². The van der Waals surface area contributed by atoms with Crippen molar-refractivity contribution in [1.29, 1.82) is 5.26 Å². The van der Waals surface area contributed by atoms with E-state index in [1.165, 1.54) is 11.3 Å². The third-order valence-corrected chi connectivity index (χ3v) is 5.68. The van der Waals surface area contributed by atoms with Crippen molar-refractivity contribution < 1.29 is 4.79 Å².